The third kappa shape index (κ3) is 4.49. The lowest BCUT2D eigenvalue weighted by Crippen LogP contribution is -2.43. The molecular weight excluding hydrogens is 202 g/mol. The lowest BCUT2D eigenvalue weighted by Gasteiger charge is -2.15. The monoisotopic (exact) mass is 227 g/mol. The van der Waals surface area contributed by atoms with E-state index >= 15 is 0 Å². The van der Waals surface area contributed by atoms with Crippen molar-refractivity contribution < 1.29 is 4.79 Å². The summed E-state index contributed by atoms with van der Waals surface area (Å²) in [6.07, 6.45) is 3.31. The molecular formula is C12H25N3O. The third-order valence-electron chi connectivity index (χ3n) is 3.15. The molecule has 4 nitrogen and oxygen atoms in total. The largest absolute Gasteiger partial charge is 0.355 e. The van der Waals surface area contributed by atoms with Gasteiger partial charge >= 0.3 is 0 Å². The molecule has 1 saturated heterocycles. The molecule has 1 aliphatic rings. The fourth-order valence-electron chi connectivity index (χ4n) is 2.06. The number of rotatable bonds is 6. The molecule has 0 spiro atoms. The van der Waals surface area contributed by atoms with Crippen LogP contribution in [0.1, 0.15) is 26.2 Å². The van der Waals surface area contributed by atoms with Crippen LogP contribution in [0.3, 0.4) is 0 Å². The molecule has 0 aromatic heterocycles. The molecule has 0 aromatic rings. The van der Waals surface area contributed by atoms with Gasteiger partial charge in [-0.2, -0.15) is 0 Å². The van der Waals surface area contributed by atoms with Crippen molar-refractivity contribution >= 4 is 5.91 Å². The summed E-state index contributed by atoms with van der Waals surface area (Å²) < 4.78 is 0. The summed E-state index contributed by atoms with van der Waals surface area (Å²) in [5.74, 6) is 0.650. The zero-order chi connectivity index (χ0) is 12.0. The Morgan fingerprint density at radius 2 is 2.19 bits per heavy atom. The Labute approximate surface area is 98.8 Å². The molecule has 1 amide bonds. The second-order valence-electron chi connectivity index (χ2n) is 5.00. The highest BCUT2D eigenvalue weighted by atomic mass is 16.2. The van der Waals surface area contributed by atoms with E-state index in [1.54, 1.807) is 0 Å². The van der Waals surface area contributed by atoms with Gasteiger partial charge in [0.1, 0.15) is 0 Å². The van der Waals surface area contributed by atoms with Gasteiger partial charge in [-0.05, 0) is 52.4 Å². The van der Waals surface area contributed by atoms with Crippen LogP contribution in [-0.4, -0.2) is 50.6 Å². The molecule has 1 aliphatic heterocycles. The summed E-state index contributed by atoms with van der Waals surface area (Å²) in [7, 11) is 4.14. The van der Waals surface area contributed by atoms with E-state index in [0.29, 0.717) is 5.92 Å². The fraction of sp³-hybridized carbons (Fsp3) is 0.917. The van der Waals surface area contributed by atoms with Gasteiger partial charge in [-0.1, -0.05) is 6.92 Å². The van der Waals surface area contributed by atoms with Gasteiger partial charge in [0.15, 0.2) is 0 Å². The van der Waals surface area contributed by atoms with Gasteiger partial charge in [-0.15, -0.1) is 0 Å². The van der Waals surface area contributed by atoms with Gasteiger partial charge in [0.05, 0.1) is 6.04 Å². The fourth-order valence-corrected chi connectivity index (χ4v) is 2.06. The lowest BCUT2D eigenvalue weighted by molar-refractivity contribution is -0.123. The molecule has 1 heterocycles. The summed E-state index contributed by atoms with van der Waals surface area (Å²) in [5, 5.41) is 6.25. The highest BCUT2D eigenvalue weighted by Crippen LogP contribution is 2.13. The van der Waals surface area contributed by atoms with Crippen molar-refractivity contribution in [3.63, 3.8) is 0 Å². The molecule has 1 fully saturated rings. The molecule has 0 aliphatic carbocycles. The van der Waals surface area contributed by atoms with E-state index in [9.17, 15) is 4.79 Å². The highest BCUT2D eigenvalue weighted by molar-refractivity contribution is 5.82. The first-order valence-electron chi connectivity index (χ1n) is 6.27. The number of carbonyl (C=O) groups excluding carboxylic acids is 1. The number of unbranched alkanes of at least 4 members (excludes halogenated alkanes) is 1. The van der Waals surface area contributed by atoms with E-state index in [4.69, 9.17) is 0 Å². The van der Waals surface area contributed by atoms with Crippen LogP contribution in [0.15, 0.2) is 0 Å². The van der Waals surface area contributed by atoms with E-state index in [1.807, 2.05) is 0 Å². The summed E-state index contributed by atoms with van der Waals surface area (Å²) >= 11 is 0. The SMILES string of the molecule is CC1CCNC1C(=O)NCCCCN(C)C. The third-order valence-corrected chi connectivity index (χ3v) is 3.15. The number of carbonyl (C=O) groups is 1. The van der Waals surface area contributed by atoms with Crippen molar-refractivity contribution in [3.8, 4) is 0 Å². The summed E-state index contributed by atoms with van der Waals surface area (Å²) in [6.45, 7) is 5.00. The number of nitrogens with zero attached hydrogens (tertiary/aromatic N) is 1. The minimum absolute atomic E-state index is 0.0360. The first-order chi connectivity index (χ1) is 7.61. The average molecular weight is 227 g/mol. The van der Waals surface area contributed by atoms with Crippen molar-refractivity contribution in [1.82, 2.24) is 15.5 Å². The predicted molar refractivity (Wildman–Crippen MR) is 66.4 cm³/mol. The quantitative estimate of drug-likeness (QED) is 0.647. The van der Waals surface area contributed by atoms with Crippen LogP contribution in [-0.2, 0) is 4.79 Å². The van der Waals surface area contributed by atoms with Crippen molar-refractivity contribution in [2.24, 2.45) is 5.92 Å². The average Bonchev–Trinajstić information content (AvgIpc) is 2.63. The normalized spacial score (nSPS) is 25.0. The van der Waals surface area contributed by atoms with Crippen LogP contribution in [0, 0.1) is 5.92 Å². The van der Waals surface area contributed by atoms with Crippen LogP contribution in [0.25, 0.3) is 0 Å². The maximum Gasteiger partial charge on any atom is 0.237 e. The van der Waals surface area contributed by atoms with Gasteiger partial charge in [0, 0.05) is 6.54 Å². The van der Waals surface area contributed by atoms with E-state index < -0.39 is 0 Å². The van der Waals surface area contributed by atoms with Gasteiger partial charge in [-0.3, -0.25) is 4.79 Å². The maximum absolute atomic E-state index is 11.8. The molecule has 4 heteroatoms. The van der Waals surface area contributed by atoms with Crippen LogP contribution in [0.5, 0.6) is 0 Å². The Morgan fingerprint density at radius 3 is 2.75 bits per heavy atom. The zero-order valence-corrected chi connectivity index (χ0v) is 10.8. The number of hydrogen-bond donors (Lipinski definition) is 2. The number of hydrogen-bond acceptors (Lipinski definition) is 3. The Kier molecular flexibility index (Phi) is 5.77. The van der Waals surface area contributed by atoms with Crippen LogP contribution < -0.4 is 10.6 Å². The molecule has 0 bridgehead atoms. The minimum atomic E-state index is 0.0360. The van der Waals surface area contributed by atoms with Crippen LogP contribution in [0.2, 0.25) is 0 Å². The van der Waals surface area contributed by atoms with E-state index in [-0.39, 0.29) is 11.9 Å². The summed E-state index contributed by atoms with van der Waals surface area (Å²) in [5.41, 5.74) is 0. The van der Waals surface area contributed by atoms with Gasteiger partial charge in [-0.25, -0.2) is 0 Å². The molecule has 0 radical (unpaired) electrons. The number of nitrogens with one attached hydrogen (secondary N) is 2. The molecule has 2 N–H and O–H groups in total. The Bertz CT molecular complexity index is 218. The minimum Gasteiger partial charge on any atom is -0.355 e. The van der Waals surface area contributed by atoms with E-state index in [2.05, 4.69) is 36.6 Å². The van der Waals surface area contributed by atoms with E-state index in [0.717, 1.165) is 38.9 Å². The molecule has 2 unspecified atom stereocenters. The summed E-state index contributed by atoms with van der Waals surface area (Å²) in [6, 6.07) is 0.0360. The molecule has 16 heavy (non-hydrogen) atoms. The second-order valence-corrected chi connectivity index (χ2v) is 5.00. The predicted octanol–water partition coefficient (Wildman–Crippen LogP) is 0.442. The molecule has 2 atom stereocenters. The summed E-state index contributed by atoms with van der Waals surface area (Å²) in [4.78, 5) is 13.9. The molecule has 94 valence electrons. The lowest BCUT2D eigenvalue weighted by atomic mass is 10.0. The Balaban J connectivity index is 2.06. The van der Waals surface area contributed by atoms with Crippen molar-refractivity contribution in [1.29, 1.82) is 0 Å². The van der Waals surface area contributed by atoms with Gasteiger partial charge in [0.25, 0.3) is 0 Å². The van der Waals surface area contributed by atoms with Crippen LogP contribution in [0.4, 0.5) is 0 Å². The van der Waals surface area contributed by atoms with Crippen molar-refractivity contribution in [2.45, 2.75) is 32.2 Å². The van der Waals surface area contributed by atoms with Crippen LogP contribution >= 0.6 is 0 Å². The highest BCUT2D eigenvalue weighted by Gasteiger charge is 2.28. The van der Waals surface area contributed by atoms with E-state index in [1.165, 1.54) is 0 Å². The maximum atomic E-state index is 11.8. The first kappa shape index (κ1) is 13.5. The Morgan fingerprint density at radius 1 is 1.44 bits per heavy atom. The first-order valence-corrected chi connectivity index (χ1v) is 6.27. The van der Waals surface area contributed by atoms with Crippen molar-refractivity contribution in [3.05, 3.63) is 0 Å². The molecule has 0 aromatic carbocycles. The topological polar surface area (TPSA) is 44.4 Å². The Hall–Kier alpha value is -0.610. The van der Waals surface area contributed by atoms with Gasteiger partial charge < -0.3 is 15.5 Å². The smallest absolute Gasteiger partial charge is 0.237 e. The van der Waals surface area contributed by atoms with Gasteiger partial charge in [0.2, 0.25) is 5.91 Å². The van der Waals surface area contributed by atoms with Crippen molar-refractivity contribution in [2.75, 3.05) is 33.7 Å². The molecule has 1 rings (SSSR count). The second kappa shape index (κ2) is 6.86. The standard InChI is InChI=1S/C12H25N3O/c1-10-6-8-13-11(10)12(16)14-7-4-5-9-15(2)3/h10-11,13H,4-9H2,1-3H3,(H,14,16). The molecule has 0 saturated carbocycles. The zero-order valence-electron chi connectivity index (χ0n) is 10.8. The number of amides is 1.